The van der Waals surface area contributed by atoms with Crippen LogP contribution < -0.4 is 5.32 Å². The number of amides is 1. The summed E-state index contributed by atoms with van der Waals surface area (Å²) in [6.07, 6.45) is -2.07. The van der Waals surface area contributed by atoms with Gasteiger partial charge in [-0.2, -0.15) is 13.2 Å². The van der Waals surface area contributed by atoms with Crippen LogP contribution in [0.15, 0.2) is 47.8 Å². The highest BCUT2D eigenvalue weighted by molar-refractivity contribution is 8.00. The van der Waals surface area contributed by atoms with E-state index in [9.17, 15) is 18.0 Å². The maximum Gasteiger partial charge on any atom is 0.417 e. The van der Waals surface area contributed by atoms with E-state index in [1.807, 2.05) is 37.3 Å². The molecule has 0 aliphatic rings. The van der Waals surface area contributed by atoms with Gasteiger partial charge in [0.25, 0.3) is 0 Å². The lowest BCUT2D eigenvalue weighted by Crippen LogP contribution is -2.37. The fraction of sp³-hybridized carbons (Fsp3) is 0.350. The quantitative estimate of drug-likeness (QED) is 0.507. The van der Waals surface area contributed by atoms with Crippen LogP contribution in [0.1, 0.15) is 31.4 Å². The highest BCUT2D eigenvalue weighted by atomic mass is 35.5. The molecule has 30 heavy (non-hydrogen) atoms. The van der Waals surface area contributed by atoms with Crippen LogP contribution in [0.2, 0.25) is 5.02 Å². The number of pyridine rings is 1. The van der Waals surface area contributed by atoms with Gasteiger partial charge in [-0.25, -0.2) is 0 Å². The first-order valence-corrected chi connectivity index (χ1v) is 10.5. The van der Waals surface area contributed by atoms with Crippen molar-refractivity contribution >= 4 is 34.9 Å². The summed E-state index contributed by atoms with van der Waals surface area (Å²) in [6.45, 7) is 3.58. The van der Waals surface area contributed by atoms with Gasteiger partial charge >= 0.3 is 6.18 Å². The van der Waals surface area contributed by atoms with Crippen LogP contribution in [0.5, 0.6) is 0 Å². The van der Waals surface area contributed by atoms with Crippen LogP contribution in [0, 0.1) is 0 Å². The topological polar surface area (TPSA) is 59.3 Å². The number of nitrogens with one attached hydrogen (secondary N) is 1. The number of benzene rings is 1. The summed E-state index contributed by atoms with van der Waals surface area (Å²) in [5, 5.41) is 10.1. The monoisotopic (exact) mass is 456 g/mol. The smallest absolute Gasteiger partial charge is 0.353 e. The Bertz CT molecular complexity index is 1030. The second-order valence-corrected chi connectivity index (χ2v) is 8.66. The Morgan fingerprint density at radius 2 is 1.93 bits per heavy atom. The number of aromatic nitrogens is 3. The van der Waals surface area contributed by atoms with E-state index in [1.165, 1.54) is 9.96 Å². The summed E-state index contributed by atoms with van der Waals surface area (Å²) in [4.78, 5) is 12.5. The Hall–Kier alpha value is -2.26. The minimum atomic E-state index is -4.55. The van der Waals surface area contributed by atoms with E-state index in [0.29, 0.717) is 0 Å². The van der Waals surface area contributed by atoms with E-state index < -0.39 is 17.0 Å². The molecule has 0 bridgehead atoms. The summed E-state index contributed by atoms with van der Waals surface area (Å²) < 4.78 is 40.4. The van der Waals surface area contributed by atoms with Crippen LogP contribution in [0.25, 0.3) is 5.65 Å². The van der Waals surface area contributed by atoms with Gasteiger partial charge in [0.1, 0.15) is 0 Å². The zero-order chi connectivity index (χ0) is 21.9. The van der Waals surface area contributed by atoms with Crippen molar-refractivity contribution in [1.82, 2.24) is 19.9 Å². The number of carbonyl (C=O) groups excluding carboxylic acids is 1. The van der Waals surface area contributed by atoms with Gasteiger partial charge in [-0.3, -0.25) is 9.20 Å². The molecule has 0 radical (unpaired) electrons. The average molecular weight is 457 g/mol. The molecule has 5 nitrogen and oxygen atoms in total. The van der Waals surface area contributed by atoms with Gasteiger partial charge < -0.3 is 5.32 Å². The van der Waals surface area contributed by atoms with E-state index >= 15 is 0 Å². The van der Waals surface area contributed by atoms with Crippen molar-refractivity contribution in [2.75, 3.05) is 0 Å². The molecule has 10 heteroatoms. The molecular weight excluding hydrogens is 437 g/mol. The lowest BCUT2D eigenvalue weighted by atomic mass is 10.1. The summed E-state index contributed by atoms with van der Waals surface area (Å²) >= 11 is 6.95. The first-order valence-electron chi connectivity index (χ1n) is 9.27. The van der Waals surface area contributed by atoms with E-state index in [-0.39, 0.29) is 27.8 Å². The molecule has 0 unspecified atom stereocenters. The van der Waals surface area contributed by atoms with Crippen LogP contribution in [-0.4, -0.2) is 31.8 Å². The average Bonchev–Trinajstić information content (AvgIpc) is 3.10. The van der Waals surface area contributed by atoms with Crippen LogP contribution in [0.3, 0.4) is 0 Å². The largest absolute Gasteiger partial charge is 0.417 e. The summed E-state index contributed by atoms with van der Waals surface area (Å²) in [6, 6.07) is 10.7. The van der Waals surface area contributed by atoms with Gasteiger partial charge in [-0.1, -0.05) is 53.7 Å². The second kappa shape index (κ2) is 9.26. The first-order chi connectivity index (χ1) is 14.1. The fourth-order valence-electron chi connectivity index (χ4n) is 2.84. The molecule has 0 spiro atoms. The zero-order valence-corrected chi connectivity index (χ0v) is 17.9. The Morgan fingerprint density at radius 1 is 1.23 bits per heavy atom. The molecule has 0 aliphatic heterocycles. The number of rotatable bonds is 7. The summed E-state index contributed by atoms with van der Waals surface area (Å²) in [5.41, 5.74) is 0.387. The molecule has 1 N–H and O–H groups in total. The molecule has 2 aromatic heterocycles. The minimum absolute atomic E-state index is 0.0535. The third-order valence-electron chi connectivity index (χ3n) is 4.50. The molecule has 0 saturated heterocycles. The van der Waals surface area contributed by atoms with Crippen molar-refractivity contribution in [3.63, 3.8) is 0 Å². The molecule has 0 saturated carbocycles. The highest BCUT2D eigenvalue weighted by Crippen LogP contribution is 2.33. The van der Waals surface area contributed by atoms with Gasteiger partial charge in [-0.05, 0) is 38.3 Å². The van der Waals surface area contributed by atoms with Gasteiger partial charge in [0, 0.05) is 12.2 Å². The van der Waals surface area contributed by atoms with E-state index in [0.717, 1.165) is 36.9 Å². The molecule has 2 heterocycles. The van der Waals surface area contributed by atoms with Crippen molar-refractivity contribution in [3.8, 4) is 0 Å². The molecule has 3 rings (SSSR count). The maximum absolute atomic E-state index is 13.1. The highest BCUT2D eigenvalue weighted by Gasteiger charge is 2.32. The number of fused-ring (bicyclic) bond motifs is 1. The van der Waals surface area contributed by atoms with Crippen LogP contribution in [-0.2, 0) is 17.4 Å². The number of halogens is 4. The van der Waals surface area contributed by atoms with E-state index in [2.05, 4.69) is 15.5 Å². The predicted molar refractivity (Wildman–Crippen MR) is 111 cm³/mol. The van der Waals surface area contributed by atoms with E-state index in [1.54, 1.807) is 6.92 Å². The van der Waals surface area contributed by atoms with Gasteiger partial charge in [0.15, 0.2) is 10.8 Å². The standard InChI is InChI=1S/C20H20ClF3N4OS/c1-12(8-9-14-6-4-3-5-7-14)25-18(29)13(2)30-19-27-26-17-16(21)10-15(11-28(17)19)20(22,23)24/h3-7,10-13H,8-9H2,1-2H3,(H,25,29)/t12-,13-/m0/s1. The Kier molecular flexibility index (Phi) is 6.92. The van der Waals surface area contributed by atoms with Crippen LogP contribution in [0.4, 0.5) is 13.2 Å². The molecule has 0 aliphatic carbocycles. The maximum atomic E-state index is 13.1. The molecule has 3 aromatic rings. The number of alkyl halides is 3. The molecule has 0 fully saturated rings. The number of aryl methyl sites for hydroxylation is 1. The van der Waals surface area contributed by atoms with Gasteiger partial charge in [0.05, 0.1) is 15.8 Å². The number of nitrogens with zero attached hydrogens (tertiary/aromatic N) is 3. The Labute approximate surface area is 181 Å². The van der Waals surface area contributed by atoms with Crippen LogP contribution >= 0.6 is 23.4 Å². The van der Waals surface area contributed by atoms with Crippen molar-refractivity contribution < 1.29 is 18.0 Å². The number of carbonyl (C=O) groups is 1. The van der Waals surface area contributed by atoms with Gasteiger partial charge in [0.2, 0.25) is 5.91 Å². The third-order valence-corrected chi connectivity index (χ3v) is 5.84. The second-order valence-electron chi connectivity index (χ2n) is 6.94. The minimum Gasteiger partial charge on any atom is -0.353 e. The molecule has 1 aromatic carbocycles. The molecule has 1 amide bonds. The Balaban J connectivity index is 1.64. The normalized spacial score (nSPS) is 13.9. The molecule has 2 atom stereocenters. The van der Waals surface area contributed by atoms with Crippen molar-refractivity contribution in [2.45, 2.75) is 49.3 Å². The van der Waals surface area contributed by atoms with Crippen molar-refractivity contribution in [3.05, 3.63) is 58.7 Å². The molecule has 160 valence electrons. The number of hydrogen-bond donors (Lipinski definition) is 1. The third kappa shape index (κ3) is 5.46. The SMILES string of the molecule is C[C@H](Sc1nnc2c(Cl)cc(C(F)(F)F)cn12)C(=O)N[C@@H](C)CCc1ccccc1. The van der Waals surface area contributed by atoms with E-state index in [4.69, 9.17) is 11.6 Å². The van der Waals surface area contributed by atoms with Gasteiger partial charge in [-0.15, -0.1) is 10.2 Å². The fourth-order valence-corrected chi connectivity index (χ4v) is 3.92. The number of hydrogen-bond acceptors (Lipinski definition) is 4. The lowest BCUT2D eigenvalue weighted by Gasteiger charge is -2.17. The van der Waals surface area contributed by atoms with Crippen molar-refractivity contribution in [1.29, 1.82) is 0 Å². The lowest BCUT2D eigenvalue weighted by molar-refractivity contribution is -0.137. The predicted octanol–water partition coefficient (Wildman–Crippen LogP) is 5.02. The number of thioether (sulfide) groups is 1. The van der Waals surface area contributed by atoms with Crippen molar-refractivity contribution in [2.24, 2.45) is 0 Å². The Morgan fingerprint density at radius 3 is 2.60 bits per heavy atom. The zero-order valence-electron chi connectivity index (χ0n) is 16.3. The first kappa shape index (κ1) is 22.4. The molecular formula is C20H20ClF3N4OS. The summed E-state index contributed by atoms with van der Waals surface area (Å²) in [7, 11) is 0. The summed E-state index contributed by atoms with van der Waals surface area (Å²) in [5.74, 6) is -0.226.